The van der Waals surface area contributed by atoms with Crippen LogP contribution in [0.2, 0.25) is 0 Å². The van der Waals surface area contributed by atoms with Crippen molar-refractivity contribution in [2.45, 2.75) is 18.5 Å². The molecule has 1 N–H and O–H groups in total. The maximum absolute atomic E-state index is 12.8. The highest BCUT2D eigenvalue weighted by atomic mass is 19.3. The van der Waals surface area contributed by atoms with Gasteiger partial charge in [0.2, 0.25) is 0 Å². The third kappa shape index (κ3) is 4.23. The number of aliphatic hydroxyl groups is 1. The summed E-state index contributed by atoms with van der Waals surface area (Å²) in [4.78, 5) is 0. The molecule has 0 aliphatic carbocycles. The molecule has 7 heteroatoms. The molecule has 0 saturated carbocycles. The molecule has 1 atom stereocenters. The summed E-state index contributed by atoms with van der Waals surface area (Å²) in [5.74, 6) is -4.87. The first-order chi connectivity index (χ1) is 8.33. The lowest BCUT2D eigenvalue weighted by molar-refractivity contribution is -0.170. The summed E-state index contributed by atoms with van der Waals surface area (Å²) in [6, 6.07) is 4.82. The van der Waals surface area contributed by atoms with Crippen molar-refractivity contribution in [2.75, 3.05) is 13.2 Å². The Morgan fingerprint density at radius 3 is 2.50 bits per heavy atom. The van der Waals surface area contributed by atoms with Crippen LogP contribution in [0.5, 0.6) is 0 Å². The Bertz CT molecular complexity index is 383. The van der Waals surface area contributed by atoms with Gasteiger partial charge in [0.25, 0.3) is 0 Å². The highest BCUT2D eigenvalue weighted by Crippen LogP contribution is 2.23. The zero-order valence-corrected chi connectivity index (χ0v) is 9.12. The standard InChI is InChI=1S/C11H11F5O2/c12-8-3-1-2-7(4-8)9(17)5-18-6-11(15,16)10(13)14/h1-4,9-10,17H,5-6H2. The first kappa shape index (κ1) is 14.8. The van der Waals surface area contributed by atoms with Crippen LogP contribution in [0.4, 0.5) is 22.0 Å². The van der Waals surface area contributed by atoms with Gasteiger partial charge in [-0.2, -0.15) is 8.78 Å². The number of halogens is 5. The molecule has 1 unspecified atom stereocenters. The van der Waals surface area contributed by atoms with Gasteiger partial charge in [0, 0.05) is 0 Å². The number of alkyl halides is 4. The van der Waals surface area contributed by atoms with E-state index in [4.69, 9.17) is 0 Å². The topological polar surface area (TPSA) is 29.5 Å². The smallest absolute Gasteiger partial charge is 0.330 e. The number of rotatable bonds is 6. The van der Waals surface area contributed by atoms with Crippen molar-refractivity contribution in [2.24, 2.45) is 0 Å². The average Bonchev–Trinajstić information content (AvgIpc) is 2.28. The summed E-state index contributed by atoms with van der Waals surface area (Å²) in [6.45, 7) is -2.12. The molecule has 1 aromatic rings. The van der Waals surface area contributed by atoms with Crippen LogP contribution in [0, 0.1) is 5.82 Å². The van der Waals surface area contributed by atoms with Crippen LogP contribution in [0.15, 0.2) is 24.3 Å². The van der Waals surface area contributed by atoms with Gasteiger partial charge in [-0.1, -0.05) is 12.1 Å². The second-order valence-corrected chi connectivity index (χ2v) is 3.65. The molecule has 0 bridgehead atoms. The van der Waals surface area contributed by atoms with E-state index in [-0.39, 0.29) is 5.56 Å². The van der Waals surface area contributed by atoms with Gasteiger partial charge < -0.3 is 9.84 Å². The summed E-state index contributed by atoms with van der Waals surface area (Å²) in [5, 5.41) is 9.46. The van der Waals surface area contributed by atoms with Crippen LogP contribution in [-0.2, 0) is 4.74 Å². The molecular formula is C11H11F5O2. The fourth-order valence-electron chi connectivity index (χ4n) is 1.18. The van der Waals surface area contributed by atoms with Crippen molar-refractivity contribution in [3.05, 3.63) is 35.6 Å². The second-order valence-electron chi connectivity index (χ2n) is 3.65. The quantitative estimate of drug-likeness (QED) is 0.805. The fraction of sp³-hybridized carbons (Fsp3) is 0.455. The molecule has 1 rings (SSSR count). The number of ether oxygens (including phenoxy) is 1. The number of aliphatic hydroxyl groups excluding tert-OH is 1. The summed E-state index contributed by atoms with van der Waals surface area (Å²) in [7, 11) is 0. The normalized spacial score (nSPS) is 13.9. The Balaban J connectivity index is 2.45. The predicted molar refractivity (Wildman–Crippen MR) is 53.1 cm³/mol. The Morgan fingerprint density at radius 2 is 1.94 bits per heavy atom. The molecule has 18 heavy (non-hydrogen) atoms. The van der Waals surface area contributed by atoms with Crippen LogP contribution < -0.4 is 0 Å². The van der Waals surface area contributed by atoms with Crippen molar-refractivity contribution in [3.8, 4) is 0 Å². The van der Waals surface area contributed by atoms with E-state index in [0.717, 1.165) is 12.1 Å². The number of benzene rings is 1. The Labute approximate surface area is 100.0 Å². The van der Waals surface area contributed by atoms with Gasteiger partial charge in [-0.3, -0.25) is 0 Å². The lowest BCUT2D eigenvalue weighted by atomic mass is 10.1. The van der Waals surface area contributed by atoms with Crippen molar-refractivity contribution >= 4 is 0 Å². The van der Waals surface area contributed by atoms with Crippen molar-refractivity contribution in [1.29, 1.82) is 0 Å². The lowest BCUT2D eigenvalue weighted by Gasteiger charge is -2.17. The molecule has 0 saturated heterocycles. The van der Waals surface area contributed by atoms with Crippen LogP contribution in [0.25, 0.3) is 0 Å². The molecule has 0 spiro atoms. The van der Waals surface area contributed by atoms with E-state index in [1.54, 1.807) is 0 Å². The van der Waals surface area contributed by atoms with Crippen LogP contribution >= 0.6 is 0 Å². The third-order valence-electron chi connectivity index (χ3n) is 2.12. The highest BCUT2D eigenvalue weighted by molar-refractivity contribution is 5.18. The Morgan fingerprint density at radius 1 is 1.28 bits per heavy atom. The summed E-state index contributed by atoms with van der Waals surface area (Å²) < 4.78 is 65.5. The zero-order chi connectivity index (χ0) is 13.8. The van der Waals surface area contributed by atoms with E-state index >= 15 is 0 Å². The van der Waals surface area contributed by atoms with Gasteiger partial charge in [-0.05, 0) is 17.7 Å². The minimum atomic E-state index is -4.26. The molecule has 0 aliphatic rings. The molecule has 1 aromatic carbocycles. The van der Waals surface area contributed by atoms with E-state index < -0.39 is 37.5 Å². The van der Waals surface area contributed by atoms with E-state index in [1.807, 2.05) is 0 Å². The van der Waals surface area contributed by atoms with Gasteiger partial charge in [0.1, 0.15) is 18.5 Å². The van der Waals surface area contributed by atoms with Gasteiger partial charge in [0.15, 0.2) is 0 Å². The number of hydrogen-bond donors (Lipinski definition) is 1. The molecular weight excluding hydrogens is 259 g/mol. The molecule has 0 aliphatic heterocycles. The summed E-state index contributed by atoms with van der Waals surface area (Å²) in [5.41, 5.74) is 0.121. The summed E-state index contributed by atoms with van der Waals surface area (Å²) >= 11 is 0. The SMILES string of the molecule is OC(COCC(F)(F)C(F)F)c1cccc(F)c1. The number of hydrogen-bond acceptors (Lipinski definition) is 2. The lowest BCUT2D eigenvalue weighted by Crippen LogP contribution is -2.33. The average molecular weight is 270 g/mol. The highest BCUT2D eigenvalue weighted by Gasteiger charge is 2.41. The van der Waals surface area contributed by atoms with E-state index in [1.165, 1.54) is 12.1 Å². The second kappa shape index (κ2) is 6.10. The van der Waals surface area contributed by atoms with Gasteiger partial charge in [-0.25, -0.2) is 13.2 Å². The van der Waals surface area contributed by atoms with E-state index in [0.29, 0.717) is 0 Å². The Hall–Kier alpha value is -1.21. The predicted octanol–water partition coefficient (Wildman–Crippen LogP) is 2.78. The minimum absolute atomic E-state index is 0.121. The van der Waals surface area contributed by atoms with Gasteiger partial charge in [0.05, 0.1) is 6.61 Å². The first-order valence-corrected chi connectivity index (χ1v) is 5.00. The molecule has 0 radical (unpaired) electrons. The van der Waals surface area contributed by atoms with Crippen molar-refractivity contribution < 1.29 is 31.8 Å². The van der Waals surface area contributed by atoms with E-state index in [9.17, 15) is 27.1 Å². The first-order valence-electron chi connectivity index (χ1n) is 5.00. The molecule has 0 amide bonds. The zero-order valence-electron chi connectivity index (χ0n) is 9.12. The largest absolute Gasteiger partial charge is 0.386 e. The molecule has 2 nitrogen and oxygen atoms in total. The minimum Gasteiger partial charge on any atom is -0.386 e. The molecule has 0 heterocycles. The monoisotopic (exact) mass is 270 g/mol. The van der Waals surface area contributed by atoms with Crippen LogP contribution in [0.3, 0.4) is 0 Å². The summed E-state index contributed by atoms with van der Waals surface area (Å²) in [6.07, 6.45) is -5.18. The van der Waals surface area contributed by atoms with Gasteiger partial charge >= 0.3 is 12.3 Å². The molecule has 0 fully saturated rings. The molecule has 102 valence electrons. The Kier molecular flexibility index (Phi) is 5.03. The molecule has 0 aromatic heterocycles. The maximum Gasteiger partial charge on any atom is 0.330 e. The van der Waals surface area contributed by atoms with Crippen LogP contribution in [-0.4, -0.2) is 30.7 Å². The van der Waals surface area contributed by atoms with Crippen LogP contribution in [0.1, 0.15) is 11.7 Å². The van der Waals surface area contributed by atoms with Gasteiger partial charge in [-0.15, -0.1) is 0 Å². The van der Waals surface area contributed by atoms with Crippen molar-refractivity contribution in [1.82, 2.24) is 0 Å². The van der Waals surface area contributed by atoms with E-state index in [2.05, 4.69) is 4.74 Å². The maximum atomic E-state index is 12.8. The van der Waals surface area contributed by atoms with Crippen molar-refractivity contribution in [3.63, 3.8) is 0 Å². The third-order valence-corrected chi connectivity index (χ3v) is 2.12. The fourth-order valence-corrected chi connectivity index (χ4v) is 1.18.